The van der Waals surface area contributed by atoms with E-state index in [4.69, 9.17) is 0 Å². The maximum absolute atomic E-state index is 9.20. The van der Waals surface area contributed by atoms with E-state index in [0.717, 1.165) is 11.1 Å². The number of aromatic nitrogens is 2. The van der Waals surface area contributed by atoms with Crippen LogP contribution in [0.5, 0.6) is 6.01 Å². The summed E-state index contributed by atoms with van der Waals surface area (Å²) in [6.07, 6.45) is 5.90. The minimum Gasteiger partial charge on any atom is -0.479 e. The Morgan fingerprint density at radius 3 is 1.77 bits per heavy atom. The summed E-state index contributed by atoms with van der Waals surface area (Å²) < 4.78 is 0. The van der Waals surface area contributed by atoms with Gasteiger partial charge < -0.3 is 5.11 Å². The van der Waals surface area contributed by atoms with Gasteiger partial charge in [-0.3, -0.25) is 4.90 Å². The number of rotatable bonds is 4. The van der Waals surface area contributed by atoms with Crippen LogP contribution in [0.3, 0.4) is 0 Å². The van der Waals surface area contributed by atoms with E-state index in [2.05, 4.69) is 70.3 Å². The smallest absolute Gasteiger partial charge is 0.313 e. The highest BCUT2D eigenvalue weighted by Gasteiger charge is 2.19. The third-order valence-corrected chi connectivity index (χ3v) is 5.27. The van der Waals surface area contributed by atoms with Crippen molar-refractivity contribution < 1.29 is 5.11 Å². The summed E-state index contributed by atoms with van der Waals surface area (Å²) in [6, 6.07) is 17.6. The highest BCUT2D eigenvalue weighted by molar-refractivity contribution is 5.69. The lowest BCUT2D eigenvalue weighted by Gasteiger charge is -2.24. The van der Waals surface area contributed by atoms with Gasteiger partial charge in [0.25, 0.3) is 0 Å². The monoisotopic (exact) mass is 345 g/mol. The van der Waals surface area contributed by atoms with Gasteiger partial charge in [0.1, 0.15) is 0 Å². The van der Waals surface area contributed by atoms with E-state index in [9.17, 15) is 5.11 Å². The molecule has 1 N–H and O–H groups in total. The van der Waals surface area contributed by atoms with E-state index in [1.165, 1.54) is 42.6 Å². The van der Waals surface area contributed by atoms with Crippen molar-refractivity contribution in [3.05, 3.63) is 66.5 Å². The lowest BCUT2D eigenvalue weighted by atomic mass is 9.99. The fourth-order valence-electron chi connectivity index (χ4n) is 3.62. The second-order valence-electron chi connectivity index (χ2n) is 6.89. The normalized spacial score (nSPS) is 15.9. The summed E-state index contributed by atoms with van der Waals surface area (Å²) >= 11 is 0. The molecule has 1 aromatic heterocycles. The molecule has 0 bridgehead atoms. The SMILES string of the molecule is CC(c1ccc(-c2ccc(-c3cnc(O)nc3)cc2)cc1)N1CCCC1. The Labute approximate surface area is 154 Å². The van der Waals surface area contributed by atoms with Crippen LogP contribution < -0.4 is 0 Å². The van der Waals surface area contributed by atoms with Crippen LogP contribution in [0.15, 0.2) is 60.9 Å². The van der Waals surface area contributed by atoms with Crippen molar-refractivity contribution in [1.29, 1.82) is 0 Å². The standard InChI is InChI=1S/C22H23N3O/c1-16(25-12-2-3-13-25)17-4-6-18(7-5-17)19-8-10-20(11-9-19)21-14-23-22(26)24-15-21/h4-11,14-16H,2-3,12-13H2,1H3,(H,23,24,26). The molecule has 1 unspecified atom stereocenters. The summed E-state index contributed by atoms with van der Waals surface area (Å²) in [5, 5.41) is 9.20. The molecule has 1 aliphatic rings. The van der Waals surface area contributed by atoms with Gasteiger partial charge in [-0.25, -0.2) is 9.97 Å². The second kappa shape index (κ2) is 7.26. The molecule has 132 valence electrons. The first-order chi connectivity index (χ1) is 12.7. The first kappa shape index (κ1) is 16.7. The van der Waals surface area contributed by atoms with E-state index in [1.54, 1.807) is 12.4 Å². The van der Waals surface area contributed by atoms with E-state index < -0.39 is 0 Å². The molecule has 4 heteroatoms. The maximum atomic E-state index is 9.20. The molecule has 1 aliphatic heterocycles. The number of likely N-dealkylation sites (tertiary alicyclic amines) is 1. The van der Waals surface area contributed by atoms with Gasteiger partial charge in [-0.1, -0.05) is 48.5 Å². The lowest BCUT2D eigenvalue weighted by Crippen LogP contribution is -2.23. The Balaban J connectivity index is 1.51. The molecule has 0 aliphatic carbocycles. The number of nitrogens with zero attached hydrogens (tertiary/aromatic N) is 3. The number of aromatic hydroxyl groups is 1. The van der Waals surface area contributed by atoms with Gasteiger partial charge in [0, 0.05) is 24.0 Å². The maximum Gasteiger partial charge on any atom is 0.313 e. The Hall–Kier alpha value is -2.72. The molecule has 0 amide bonds. The molecular weight excluding hydrogens is 322 g/mol. The molecule has 2 aromatic carbocycles. The van der Waals surface area contributed by atoms with Crippen LogP contribution in [0.1, 0.15) is 31.4 Å². The van der Waals surface area contributed by atoms with Crippen LogP contribution in [-0.2, 0) is 0 Å². The third kappa shape index (κ3) is 3.46. The minimum absolute atomic E-state index is 0.200. The largest absolute Gasteiger partial charge is 0.479 e. The van der Waals surface area contributed by atoms with Crippen LogP contribution in [0.2, 0.25) is 0 Å². The van der Waals surface area contributed by atoms with Gasteiger partial charge in [-0.15, -0.1) is 0 Å². The summed E-state index contributed by atoms with van der Waals surface area (Å²) in [4.78, 5) is 10.2. The average Bonchev–Trinajstić information content (AvgIpc) is 3.23. The summed E-state index contributed by atoms with van der Waals surface area (Å²) in [5.41, 5.74) is 5.72. The molecule has 1 fully saturated rings. The number of hydrogen-bond donors (Lipinski definition) is 1. The summed E-state index contributed by atoms with van der Waals surface area (Å²) in [7, 11) is 0. The van der Waals surface area contributed by atoms with Crippen molar-refractivity contribution in [1.82, 2.24) is 14.9 Å². The highest BCUT2D eigenvalue weighted by Crippen LogP contribution is 2.28. The fourth-order valence-corrected chi connectivity index (χ4v) is 3.62. The van der Waals surface area contributed by atoms with Crippen LogP contribution in [-0.4, -0.2) is 33.1 Å². The molecule has 2 heterocycles. The number of hydrogen-bond acceptors (Lipinski definition) is 4. The topological polar surface area (TPSA) is 49.3 Å². The van der Waals surface area contributed by atoms with Gasteiger partial charge in [0.15, 0.2) is 0 Å². The second-order valence-corrected chi connectivity index (χ2v) is 6.89. The molecule has 4 rings (SSSR count). The van der Waals surface area contributed by atoms with Crippen molar-refractivity contribution in [3.8, 4) is 28.3 Å². The molecule has 1 atom stereocenters. The zero-order chi connectivity index (χ0) is 17.9. The zero-order valence-electron chi connectivity index (χ0n) is 15.0. The molecule has 4 nitrogen and oxygen atoms in total. The van der Waals surface area contributed by atoms with Crippen molar-refractivity contribution >= 4 is 0 Å². The van der Waals surface area contributed by atoms with E-state index >= 15 is 0 Å². The molecular formula is C22H23N3O. The molecule has 0 saturated carbocycles. The van der Waals surface area contributed by atoms with Gasteiger partial charge in [-0.2, -0.15) is 0 Å². The molecule has 0 radical (unpaired) electrons. The Morgan fingerprint density at radius 1 is 0.769 bits per heavy atom. The quantitative estimate of drug-likeness (QED) is 0.746. The molecule has 26 heavy (non-hydrogen) atoms. The van der Waals surface area contributed by atoms with Crippen LogP contribution in [0.4, 0.5) is 0 Å². The van der Waals surface area contributed by atoms with Crippen molar-refractivity contribution in [2.24, 2.45) is 0 Å². The predicted molar refractivity (Wildman–Crippen MR) is 104 cm³/mol. The number of benzene rings is 2. The van der Waals surface area contributed by atoms with Crippen LogP contribution >= 0.6 is 0 Å². The molecule has 3 aromatic rings. The van der Waals surface area contributed by atoms with Gasteiger partial charge in [0.05, 0.1) is 0 Å². The lowest BCUT2D eigenvalue weighted by molar-refractivity contribution is 0.263. The molecule has 1 saturated heterocycles. The minimum atomic E-state index is -0.200. The first-order valence-corrected chi connectivity index (χ1v) is 9.16. The Kier molecular flexibility index (Phi) is 4.67. The van der Waals surface area contributed by atoms with E-state index in [0.29, 0.717) is 6.04 Å². The van der Waals surface area contributed by atoms with Gasteiger partial charge >= 0.3 is 6.01 Å². The first-order valence-electron chi connectivity index (χ1n) is 9.16. The van der Waals surface area contributed by atoms with Crippen LogP contribution in [0, 0.1) is 0 Å². The van der Waals surface area contributed by atoms with Crippen LogP contribution in [0.25, 0.3) is 22.3 Å². The third-order valence-electron chi connectivity index (χ3n) is 5.27. The summed E-state index contributed by atoms with van der Waals surface area (Å²) in [6.45, 7) is 4.73. The Bertz CT molecular complexity index is 851. The van der Waals surface area contributed by atoms with E-state index in [-0.39, 0.29) is 6.01 Å². The predicted octanol–water partition coefficient (Wildman–Crippen LogP) is 4.67. The van der Waals surface area contributed by atoms with Crippen molar-refractivity contribution in [2.75, 3.05) is 13.1 Å². The zero-order valence-corrected chi connectivity index (χ0v) is 15.0. The van der Waals surface area contributed by atoms with Crippen molar-refractivity contribution in [3.63, 3.8) is 0 Å². The van der Waals surface area contributed by atoms with E-state index in [1.807, 2.05) is 0 Å². The average molecular weight is 345 g/mol. The van der Waals surface area contributed by atoms with Crippen molar-refractivity contribution in [2.45, 2.75) is 25.8 Å². The summed E-state index contributed by atoms with van der Waals surface area (Å²) in [5.74, 6) is 0. The van der Waals surface area contributed by atoms with Gasteiger partial charge in [-0.05, 0) is 55.1 Å². The van der Waals surface area contributed by atoms with Gasteiger partial charge in [0.2, 0.25) is 0 Å². The Morgan fingerprint density at radius 2 is 1.23 bits per heavy atom. The fraction of sp³-hybridized carbons (Fsp3) is 0.273. The highest BCUT2D eigenvalue weighted by atomic mass is 16.3. The molecule has 0 spiro atoms.